The minimum absolute atomic E-state index is 0.0670. The van der Waals surface area contributed by atoms with Crippen molar-refractivity contribution in [2.75, 3.05) is 13.2 Å². The van der Waals surface area contributed by atoms with E-state index in [4.69, 9.17) is 14.2 Å². The van der Waals surface area contributed by atoms with E-state index >= 15 is 0 Å². The molecular formula is C61H103NO10. The molecule has 1 fully saturated rings. The van der Waals surface area contributed by atoms with E-state index in [0.29, 0.717) is 12.8 Å². The van der Waals surface area contributed by atoms with Gasteiger partial charge in [-0.2, -0.15) is 0 Å². The lowest BCUT2D eigenvalue weighted by Gasteiger charge is -2.41. The third kappa shape index (κ3) is 36.5. The van der Waals surface area contributed by atoms with Crippen molar-refractivity contribution in [2.24, 2.45) is 0 Å². The lowest BCUT2D eigenvalue weighted by molar-refractivity contribution is -0.305. The van der Waals surface area contributed by atoms with Crippen molar-refractivity contribution >= 4 is 11.9 Å². The van der Waals surface area contributed by atoms with E-state index in [1.807, 2.05) is 66.8 Å². The van der Waals surface area contributed by atoms with Gasteiger partial charge in [-0.1, -0.05) is 234 Å². The molecule has 72 heavy (non-hydrogen) atoms. The second-order valence-electron chi connectivity index (χ2n) is 19.4. The Hall–Kier alpha value is -3.42. The Kier molecular flexibility index (Phi) is 44.9. The van der Waals surface area contributed by atoms with Crippen LogP contribution in [-0.4, -0.2) is 99.6 Å². The van der Waals surface area contributed by atoms with Gasteiger partial charge in [0.15, 0.2) is 12.4 Å². The van der Waals surface area contributed by atoms with Crippen LogP contribution in [0.25, 0.3) is 0 Å². The molecular weight excluding hydrogens is 907 g/mol. The van der Waals surface area contributed by atoms with Gasteiger partial charge in [-0.25, -0.2) is 0 Å². The maximum absolute atomic E-state index is 13.4. The molecule has 1 saturated heterocycles. The zero-order valence-electron chi connectivity index (χ0n) is 45.3. The Balaban J connectivity index is 2.78. The summed E-state index contributed by atoms with van der Waals surface area (Å²) >= 11 is 0. The molecule has 0 saturated carbocycles. The summed E-state index contributed by atoms with van der Waals surface area (Å²) in [6.45, 7) is 5.58. The Morgan fingerprint density at radius 3 is 1.56 bits per heavy atom. The van der Waals surface area contributed by atoms with Crippen LogP contribution in [-0.2, 0) is 23.8 Å². The van der Waals surface area contributed by atoms with Crippen LogP contribution in [0.15, 0.2) is 97.2 Å². The second kappa shape index (κ2) is 48.5. The standard InChI is InChI=1S/C61H103NO10/c1-4-7-10-13-16-19-22-25-27-28-29-31-34-37-40-43-46-49-56(66)72-59-58(68)57(67)55(50-63)71-61(59)70-51-52(53(64)47-44-41-38-35-32-24-21-18-15-12-9-6-3)62-60(69)54(65)48-45-42-39-36-33-30-26-23-20-17-14-11-8-5-2/h7,10,13,16,19-20,22-23,25,27-29,31,34,44,47,52-55,57-59,61,63-65,67-68H,4-6,8-9,11-12,14-15,17-18,21,24,26,30,32-33,35-43,45-46,48-51H2,1-3H3,(H,62,69)/b10-7-,16-13+,22-19+,23-20-,27-25-,29-28+,34-31+,47-44+. The van der Waals surface area contributed by atoms with Crippen LogP contribution in [0.5, 0.6) is 0 Å². The molecule has 8 unspecified atom stereocenters. The fourth-order valence-corrected chi connectivity index (χ4v) is 8.32. The van der Waals surface area contributed by atoms with Crippen molar-refractivity contribution < 1.29 is 49.3 Å². The van der Waals surface area contributed by atoms with E-state index < -0.39 is 67.4 Å². The van der Waals surface area contributed by atoms with Crippen LogP contribution < -0.4 is 5.32 Å². The third-order valence-electron chi connectivity index (χ3n) is 12.9. The molecule has 0 aromatic carbocycles. The van der Waals surface area contributed by atoms with Crippen molar-refractivity contribution in [1.82, 2.24) is 5.32 Å². The zero-order valence-corrected chi connectivity index (χ0v) is 45.3. The Labute approximate surface area is 437 Å². The van der Waals surface area contributed by atoms with Gasteiger partial charge in [-0.05, 0) is 70.6 Å². The van der Waals surface area contributed by atoms with Gasteiger partial charge in [0, 0.05) is 6.42 Å². The predicted octanol–water partition coefficient (Wildman–Crippen LogP) is 12.8. The number of carbonyl (C=O) groups excluding carboxylic acids is 2. The Bertz CT molecular complexity index is 1530. The summed E-state index contributed by atoms with van der Waals surface area (Å²) < 4.78 is 17.5. The van der Waals surface area contributed by atoms with Crippen molar-refractivity contribution in [2.45, 2.75) is 262 Å². The van der Waals surface area contributed by atoms with Crippen molar-refractivity contribution in [1.29, 1.82) is 0 Å². The third-order valence-corrected chi connectivity index (χ3v) is 12.9. The number of hydrogen-bond acceptors (Lipinski definition) is 10. The lowest BCUT2D eigenvalue weighted by atomic mass is 9.99. The highest BCUT2D eigenvalue weighted by molar-refractivity contribution is 5.80. The molecule has 1 heterocycles. The predicted molar refractivity (Wildman–Crippen MR) is 296 cm³/mol. The number of carbonyl (C=O) groups is 2. The highest BCUT2D eigenvalue weighted by Gasteiger charge is 2.47. The largest absolute Gasteiger partial charge is 0.454 e. The van der Waals surface area contributed by atoms with Gasteiger partial charge < -0.3 is 45.1 Å². The average Bonchev–Trinajstić information content (AvgIpc) is 3.38. The fourth-order valence-electron chi connectivity index (χ4n) is 8.32. The summed E-state index contributed by atoms with van der Waals surface area (Å²) in [5.41, 5.74) is 0. The summed E-state index contributed by atoms with van der Waals surface area (Å²) in [6, 6.07) is -1.04. The number of rotatable bonds is 46. The fraction of sp³-hybridized carbons (Fsp3) is 0.705. The van der Waals surface area contributed by atoms with Crippen LogP contribution >= 0.6 is 0 Å². The number of amides is 1. The second-order valence-corrected chi connectivity index (χ2v) is 19.4. The van der Waals surface area contributed by atoms with Gasteiger partial charge in [0.2, 0.25) is 5.91 Å². The van der Waals surface area contributed by atoms with E-state index in [-0.39, 0.29) is 19.4 Å². The molecule has 1 amide bonds. The van der Waals surface area contributed by atoms with E-state index in [2.05, 4.69) is 50.4 Å². The van der Waals surface area contributed by atoms with E-state index in [1.54, 1.807) is 6.08 Å². The first-order valence-corrected chi connectivity index (χ1v) is 28.6. The quantitative estimate of drug-likeness (QED) is 0.0149. The molecule has 0 bridgehead atoms. The minimum atomic E-state index is -1.64. The average molecular weight is 1010 g/mol. The Morgan fingerprint density at radius 2 is 1.01 bits per heavy atom. The molecule has 1 aliphatic heterocycles. The van der Waals surface area contributed by atoms with Crippen LogP contribution in [0.2, 0.25) is 0 Å². The smallest absolute Gasteiger partial charge is 0.306 e. The maximum Gasteiger partial charge on any atom is 0.306 e. The van der Waals surface area contributed by atoms with Crippen molar-refractivity contribution in [3.63, 3.8) is 0 Å². The lowest BCUT2D eigenvalue weighted by Crippen LogP contribution is -2.61. The van der Waals surface area contributed by atoms with E-state index in [0.717, 1.165) is 89.9 Å². The molecule has 1 aliphatic rings. The van der Waals surface area contributed by atoms with E-state index in [9.17, 15) is 35.1 Å². The number of aliphatic hydroxyl groups excluding tert-OH is 5. The van der Waals surface area contributed by atoms with Crippen LogP contribution in [0.4, 0.5) is 0 Å². The molecule has 11 heteroatoms. The molecule has 0 aromatic heterocycles. The maximum atomic E-state index is 13.4. The van der Waals surface area contributed by atoms with Crippen molar-refractivity contribution in [3.05, 3.63) is 97.2 Å². The van der Waals surface area contributed by atoms with Gasteiger partial charge in [0.25, 0.3) is 0 Å². The molecule has 11 nitrogen and oxygen atoms in total. The topological polar surface area (TPSA) is 175 Å². The van der Waals surface area contributed by atoms with Gasteiger partial charge in [0.05, 0.1) is 25.4 Å². The number of allylic oxidation sites excluding steroid dienone is 15. The summed E-state index contributed by atoms with van der Waals surface area (Å²) in [5.74, 6) is -1.25. The molecule has 0 aromatic rings. The summed E-state index contributed by atoms with van der Waals surface area (Å²) in [6.07, 6.45) is 53.0. The van der Waals surface area contributed by atoms with E-state index in [1.165, 1.54) is 77.0 Å². The normalized spacial score (nSPS) is 20.2. The first kappa shape index (κ1) is 66.6. The van der Waals surface area contributed by atoms with Gasteiger partial charge in [-0.3, -0.25) is 9.59 Å². The monoisotopic (exact) mass is 1010 g/mol. The zero-order chi connectivity index (χ0) is 52.5. The van der Waals surface area contributed by atoms with Crippen LogP contribution in [0.1, 0.15) is 213 Å². The first-order chi connectivity index (χ1) is 35.2. The SMILES string of the molecule is CC\C=C/C=C/C=C/C=C\C=C\C=C\CCCCCC(=O)OC1C(OCC(NC(=O)C(O)CCCCCCCC/C=C\CCCCCC)C(O)/C=C/CCCCCCCCCCCC)OC(CO)C(O)C1O. The molecule has 6 N–H and O–H groups in total. The summed E-state index contributed by atoms with van der Waals surface area (Å²) in [4.78, 5) is 26.4. The van der Waals surface area contributed by atoms with Crippen LogP contribution in [0, 0.1) is 0 Å². The van der Waals surface area contributed by atoms with Crippen LogP contribution in [0.3, 0.4) is 0 Å². The highest BCUT2D eigenvalue weighted by Crippen LogP contribution is 2.26. The summed E-state index contributed by atoms with van der Waals surface area (Å²) in [5, 5.41) is 56.8. The number of hydrogen-bond donors (Lipinski definition) is 6. The number of esters is 1. The first-order valence-electron chi connectivity index (χ1n) is 28.6. The number of ether oxygens (including phenoxy) is 3. The molecule has 1 rings (SSSR count). The molecule has 412 valence electrons. The molecule has 8 atom stereocenters. The minimum Gasteiger partial charge on any atom is -0.454 e. The number of aliphatic hydroxyl groups is 5. The van der Waals surface area contributed by atoms with Gasteiger partial charge in [-0.15, -0.1) is 0 Å². The van der Waals surface area contributed by atoms with Gasteiger partial charge in [0.1, 0.15) is 24.4 Å². The van der Waals surface area contributed by atoms with Crippen molar-refractivity contribution in [3.8, 4) is 0 Å². The molecule has 0 spiro atoms. The number of unbranched alkanes of at least 4 members (excludes halogenated alkanes) is 23. The molecule has 0 aliphatic carbocycles. The highest BCUT2D eigenvalue weighted by atomic mass is 16.7. The molecule has 0 radical (unpaired) electrons. The Morgan fingerprint density at radius 1 is 0.556 bits per heavy atom. The van der Waals surface area contributed by atoms with Gasteiger partial charge >= 0.3 is 5.97 Å². The number of nitrogens with one attached hydrogen (secondary N) is 1. The summed E-state index contributed by atoms with van der Waals surface area (Å²) in [7, 11) is 0.